The zero-order valence-corrected chi connectivity index (χ0v) is 14.4. The highest BCUT2D eigenvalue weighted by molar-refractivity contribution is 5.76. The summed E-state index contributed by atoms with van der Waals surface area (Å²) in [6, 6.07) is 8.59. The molecule has 1 aromatic rings. The van der Waals surface area contributed by atoms with Gasteiger partial charge < -0.3 is 15.8 Å². The van der Waals surface area contributed by atoms with Crippen LogP contribution in [-0.4, -0.2) is 32.2 Å². The summed E-state index contributed by atoms with van der Waals surface area (Å²) in [5, 5.41) is 3.14. The first-order valence-corrected chi connectivity index (χ1v) is 8.67. The van der Waals surface area contributed by atoms with Crippen LogP contribution in [0.5, 0.6) is 0 Å². The predicted molar refractivity (Wildman–Crippen MR) is 93.4 cm³/mol. The van der Waals surface area contributed by atoms with Gasteiger partial charge in [0.1, 0.15) is 0 Å². The van der Waals surface area contributed by atoms with Crippen molar-refractivity contribution in [1.82, 2.24) is 5.32 Å². The number of benzene rings is 1. The summed E-state index contributed by atoms with van der Waals surface area (Å²) in [4.78, 5) is 12.2. The summed E-state index contributed by atoms with van der Waals surface area (Å²) >= 11 is 0. The van der Waals surface area contributed by atoms with Crippen molar-refractivity contribution in [2.45, 2.75) is 57.0 Å². The molecule has 2 rings (SSSR count). The molecule has 1 aromatic carbocycles. The molecule has 1 atom stereocenters. The summed E-state index contributed by atoms with van der Waals surface area (Å²) in [6.07, 6.45) is 6.17. The van der Waals surface area contributed by atoms with Gasteiger partial charge in [0, 0.05) is 25.6 Å². The fraction of sp³-hybridized carbons (Fsp3) is 0.632. The zero-order valence-electron chi connectivity index (χ0n) is 14.4. The number of nitrogens with two attached hydrogens (primary N) is 1. The average molecular weight is 318 g/mol. The van der Waals surface area contributed by atoms with Gasteiger partial charge in [-0.15, -0.1) is 0 Å². The van der Waals surface area contributed by atoms with Crippen LogP contribution in [-0.2, 0) is 14.9 Å². The van der Waals surface area contributed by atoms with Gasteiger partial charge in [-0.1, -0.05) is 43.5 Å². The van der Waals surface area contributed by atoms with Crippen LogP contribution in [0.4, 0.5) is 0 Å². The van der Waals surface area contributed by atoms with Crippen molar-refractivity contribution in [2.24, 2.45) is 5.73 Å². The van der Waals surface area contributed by atoms with Crippen molar-refractivity contribution in [2.75, 3.05) is 20.2 Å². The van der Waals surface area contributed by atoms with Gasteiger partial charge in [-0.3, -0.25) is 4.79 Å². The minimum absolute atomic E-state index is 0.0285. The highest BCUT2D eigenvalue weighted by Gasteiger charge is 2.35. The Labute approximate surface area is 139 Å². The molecule has 0 bridgehead atoms. The smallest absolute Gasteiger partial charge is 0.222 e. The van der Waals surface area contributed by atoms with Crippen LogP contribution in [0.3, 0.4) is 0 Å². The van der Waals surface area contributed by atoms with Crippen LogP contribution in [0.2, 0.25) is 0 Å². The van der Waals surface area contributed by atoms with Gasteiger partial charge >= 0.3 is 0 Å². The van der Waals surface area contributed by atoms with E-state index >= 15 is 0 Å². The molecule has 3 N–H and O–H groups in total. The number of hydrogen-bond donors (Lipinski definition) is 2. The Hall–Kier alpha value is -1.39. The van der Waals surface area contributed by atoms with Crippen molar-refractivity contribution < 1.29 is 9.53 Å². The first kappa shape index (κ1) is 18.0. The van der Waals surface area contributed by atoms with Gasteiger partial charge in [-0.05, 0) is 30.9 Å². The topological polar surface area (TPSA) is 64.3 Å². The van der Waals surface area contributed by atoms with Crippen LogP contribution >= 0.6 is 0 Å². The lowest BCUT2D eigenvalue weighted by Gasteiger charge is -2.39. The Morgan fingerprint density at radius 2 is 2.00 bits per heavy atom. The minimum Gasteiger partial charge on any atom is -0.380 e. The molecule has 1 saturated carbocycles. The van der Waals surface area contributed by atoms with Gasteiger partial charge in [-0.2, -0.15) is 0 Å². The van der Waals surface area contributed by atoms with Crippen LogP contribution in [0.15, 0.2) is 24.3 Å². The lowest BCUT2D eigenvalue weighted by atomic mass is 9.68. The summed E-state index contributed by atoms with van der Waals surface area (Å²) in [5.74, 6) is 0.0285. The largest absolute Gasteiger partial charge is 0.380 e. The third-order valence-electron chi connectivity index (χ3n) is 5.16. The van der Waals surface area contributed by atoms with E-state index in [-0.39, 0.29) is 17.4 Å². The molecular weight excluding hydrogens is 288 g/mol. The molecule has 1 fully saturated rings. The number of amides is 1. The molecule has 1 aliphatic carbocycles. The zero-order chi connectivity index (χ0) is 16.7. The van der Waals surface area contributed by atoms with Crippen LogP contribution < -0.4 is 11.1 Å². The van der Waals surface area contributed by atoms with Gasteiger partial charge in [0.25, 0.3) is 0 Å². The number of carbonyl (C=O) groups is 1. The Bertz CT molecular complexity index is 506. The number of aryl methyl sites for hydroxylation is 1. The number of rotatable bonds is 7. The predicted octanol–water partition coefficient (Wildman–Crippen LogP) is 2.68. The Balaban J connectivity index is 2.08. The summed E-state index contributed by atoms with van der Waals surface area (Å²) in [7, 11) is 1.60. The number of hydrogen-bond acceptors (Lipinski definition) is 3. The molecule has 0 saturated heterocycles. The molecule has 1 aliphatic rings. The Kier molecular flexibility index (Phi) is 6.60. The second-order valence-corrected chi connectivity index (χ2v) is 6.73. The van der Waals surface area contributed by atoms with E-state index in [4.69, 9.17) is 10.5 Å². The van der Waals surface area contributed by atoms with E-state index in [2.05, 4.69) is 36.5 Å². The maximum Gasteiger partial charge on any atom is 0.222 e. The molecule has 4 nitrogen and oxygen atoms in total. The summed E-state index contributed by atoms with van der Waals surface area (Å²) in [5.41, 5.74) is 8.39. The summed E-state index contributed by atoms with van der Waals surface area (Å²) < 4.78 is 5.20. The SMILES string of the molecule is COC(CN)CC(=O)NCC1(c2ccccc2C)CCCCC1. The van der Waals surface area contributed by atoms with Gasteiger partial charge in [0.2, 0.25) is 5.91 Å². The van der Waals surface area contributed by atoms with E-state index in [0.717, 1.165) is 12.8 Å². The standard InChI is InChI=1S/C19H30N2O2/c1-15-8-4-5-9-17(15)19(10-6-3-7-11-19)14-21-18(22)12-16(13-20)23-2/h4-5,8-9,16H,3,6-7,10-14,20H2,1-2H3,(H,21,22). The Morgan fingerprint density at radius 3 is 2.61 bits per heavy atom. The molecule has 128 valence electrons. The molecule has 0 spiro atoms. The van der Waals surface area contributed by atoms with E-state index in [9.17, 15) is 4.79 Å². The van der Waals surface area contributed by atoms with Crippen LogP contribution in [0.1, 0.15) is 49.7 Å². The summed E-state index contributed by atoms with van der Waals surface area (Å²) in [6.45, 7) is 3.24. The maximum atomic E-state index is 12.2. The van der Waals surface area contributed by atoms with E-state index in [1.807, 2.05) is 0 Å². The first-order chi connectivity index (χ1) is 11.1. The minimum atomic E-state index is -0.198. The van der Waals surface area contributed by atoms with Crippen molar-refractivity contribution in [3.63, 3.8) is 0 Å². The quantitative estimate of drug-likeness (QED) is 0.812. The molecule has 0 radical (unpaired) electrons. The highest BCUT2D eigenvalue weighted by atomic mass is 16.5. The lowest BCUT2D eigenvalue weighted by molar-refractivity contribution is -0.123. The van der Waals surface area contributed by atoms with Crippen molar-refractivity contribution in [3.05, 3.63) is 35.4 Å². The molecule has 4 heteroatoms. The second kappa shape index (κ2) is 8.46. The monoisotopic (exact) mass is 318 g/mol. The number of ether oxygens (including phenoxy) is 1. The highest BCUT2D eigenvalue weighted by Crippen LogP contribution is 2.40. The van der Waals surface area contributed by atoms with Gasteiger partial charge in [0.15, 0.2) is 0 Å². The third-order valence-corrected chi connectivity index (χ3v) is 5.16. The first-order valence-electron chi connectivity index (χ1n) is 8.67. The van der Waals surface area contributed by atoms with E-state index < -0.39 is 0 Å². The van der Waals surface area contributed by atoms with Crippen molar-refractivity contribution >= 4 is 5.91 Å². The fourth-order valence-corrected chi connectivity index (χ4v) is 3.75. The van der Waals surface area contributed by atoms with Crippen molar-refractivity contribution in [3.8, 4) is 0 Å². The Morgan fingerprint density at radius 1 is 1.30 bits per heavy atom. The molecule has 0 heterocycles. The van der Waals surface area contributed by atoms with E-state index in [1.54, 1.807) is 7.11 Å². The van der Waals surface area contributed by atoms with Crippen LogP contribution in [0.25, 0.3) is 0 Å². The number of methoxy groups -OCH3 is 1. The van der Waals surface area contributed by atoms with Gasteiger partial charge in [-0.25, -0.2) is 0 Å². The van der Waals surface area contributed by atoms with E-state index in [1.165, 1.54) is 30.4 Å². The molecule has 0 aromatic heterocycles. The molecular formula is C19H30N2O2. The number of carbonyl (C=O) groups excluding carboxylic acids is 1. The molecule has 1 unspecified atom stereocenters. The third kappa shape index (κ3) is 4.55. The van der Waals surface area contributed by atoms with Crippen molar-refractivity contribution in [1.29, 1.82) is 0 Å². The normalized spacial score (nSPS) is 18.4. The average Bonchev–Trinajstić information content (AvgIpc) is 2.59. The number of nitrogens with one attached hydrogen (secondary N) is 1. The fourth-order valence-electron chi connectivity index (χ4n) is 3.75. The van der Waals surface area contributed by atoms with E-state index in [0.29, 0.717) is 19.5 Å². The van der Waals surface area contributed by atoms with Crippen LogP contribution in [0, 0.1) is 6.92 Å². The lowest BCUT2D eigenvalue weighted by Crippen LogP contribution is -2.43. The maximum absolute atomic E-state index is 12.2. The molecule has 0 aliphatic heterocycles. The van der Waals surface area contributed by atoms with Gasteiger partial charge in [0.05, 0.1) is 12.5 Å². The molecule has 23 heavy (non-hydrogen) atoms. The molecule has 1 amide bonds. The second-order valence-electron chi connectivity index (χ2n) is 6.73.